The van der Waals surface area contributed by atoms with Crippen molar-refractivity contribution in [1.29, 1.82) is 0 Å². The summed E-state index contributed by atoms with van der Waals surface area (Å²) in [5.41, 5.74) is 7.19. The molecule has 1 nitrogen and oxygen atoms in total. The van der Waals surface area contributed by atoms with Crippen molar-refractivity contribution in [3.05, 3.63) is 0 Å². The average molecular weight is 235 g/mol. The van der Waals surface area contributed by atoms with Crippen molar-refractivity contribution >= 4 is 0 Å². The first-order valence-corrected chi connectivity index (χ1v) is 7.83. The maximum Gasteiger partial charge on any atom is 0.00959 e. The second-order valence-corrected chi connectivity index (χ2v) is 7.86. The first-order chi connectivity index (χ1) is 8.07. The summed E-state index contributed by atoms with van der Waals surface area (Å²) in [6, 6.07) is 0.498. The van der Waals surface area contributed by atoms with Crippen molar-refractivity contribution in [2.24, 2.45) is 34.8 Å². The van der Waals surface area contributed by atoms with Crippen molar-refractivity contribution in [2.75, 3.05) is 0 Å². The van der Waals surface area contributed by atoms with Crippen LogP contribution in [0.25, 0.3) is 0 Å². The molecule has 2 N–H and O–H groups in total. The van der Waals surface area contributed by atoms with Crippen molar-refractivity contribution in [3.63, 3.8) is 0 Å². The van der Waals surface area contributed by atoms with Gasteiger partial charge in [-0.3, -0.25) is 0 Å². The third-order valence-corrected chi connectivity index (χ3v) is 5.93. The van der Waals surface area contributed by atoms with Crippen LogP contribution in [-0.4, -0.2) is 6.04 Å². The van der Waals surface area contributed by atoms with Gasteiger partial charge in [-0.25, -0.2) is 0 Å². The lowest BCUT2D eigenvalue weighted by Gasteiger charge is -2.59. The molecule has 4 saturated carbocycles. The van der Waals surface area contributed by atoms with E-state index in [-0.39, 0.29) is 0 Å². The van der Waals surface area contributed by atoms with Gasteiger partial charge in [-0.15, -0.1) is 0 Å². The highest BCUT2D eigenvalue weighted by Crippen LogP contribution is 2.61. The van der Waals surface area contributed by atoms with E-state index in [9.17, 15) is 0 Å². The third kappa shape index (κ3) is 2.16. The maximum atomic E-state index is 6.62. The smallest absolute Gasteiger partial charge is 0.00959 e. The van der Waals surface area contributed by atoms with Gasteiger partial charge in [0.05, 0.1) is 0 Å². The van der Waals surface area contributed by atoms with Crippen LogP contribution >= 0.6 is 0 Å². The Morgan fingerprint density at radius 2 is 1.41 bits per heavy atom. The summed E-state index contributed by atoms with van der Waals surface area (Å²) >= 11 is 0. The summed E-state index contributed by atoms with van der Waals surface area (Å²) in [6.45, 7) is 4.65. The minimum atomic E-state index is 0.498. The summed E-state index contributed by atoms with van der Waals surface area (Å²) in [5.74, 6) is 3.96. The SMILES string of the molecule is CC(C)CCC(N)C12CC3CC(CC(C3)C1)C2. The van der Waals surface area contributed by atoms with Crippen LogP contribution in [0.1, 0.15) is 65.2 Å². The Morgan fingerprint density at radius 3 is 1.82 bits per heavy atom. The molecule has 0 aromatic heterocycles. The molecule has 1 heteroatoms. The van der Waals surface area contributed by atoms with Gasteiger partial charge in [-0.1, -0.05) is 13.8 Å². The van der Waals surface area contributed by atoms with Crippen LogP contribution in [0.5, 0.6) is 0 Å². The second kappa shape index (κ2) is 4.26. The summed E-state index contributed by atoms with van der Waals surface area (Å²) in [5, 5.41) is 0. The third-order valence-electron chi connectivity index (χ3n) is 5.93. The number of rotatable bonds is 4. The van der Waals surface area contributed by atoms with E-state index in [0.29, 0.717) is 11.5 Å². The fourth-order valence-corrected chi connectivity index (χ4v) is 5.45. The van der Waals surface area contributed by atoms with Gasteiger partial charge in [0, 0.05) is 6.04 Å². The summed E-state index contributed by atoms with van der Waals surface area (Å²) in [4.78, 5) is 0. The van der Waals surface area contributed by atoms with Crippen molar-refractivity contribution in [2.45, 2.75) is 71.3 Å². The molecular weight excluding hydrogens is 206 g/mol. The molecule has 4 rings (SSSR count). The van der Waals surface area contributed by atoms with Crippen LogP contribution in [0.3, 0.4) is 0 Å². The molecule has 0 aromatic carbocycles. The molecular formula is C16H29N. The van der Waals surface area contributed by atoms with Crippen LogP contribution in [-0.2, 0) is 0 Å². The molecule has 0 aliphatic heterocycles. The number of nitrogens with two attached hydrogens (primary N) is 1. The first-order valence-electron chi connectivity index (χ1n) is 7.83. The Balaban J connectivity index is 1.68. The standard InChI is InChI=1S/C16H29N/c1-11(2)3-4-15(17)16-8-12-5-13(9-16)7-14(6-12)10-16/h11-15H,3-10,17H2,1-2H3. The maximum absolute atomic E-state index is 6.62. The minimum Gasteiger partial charge on any atom is -0.327 e. The van der Waals surface area contributed by atoms with E-state index in [4.69, 9.17) is 5.73 Å². The van der Waals surface area contributed by atoms with E-state index in [1.165, 1.54) is 51.4 Å². The molecule has 1 unspecified atom stereocenters. The van der Waals surface area contributed by atoms with Crippen LogP contribution in [0.15, 0.2) is 0 Å². The molecule has 0 heterocycles. The van der Waals surface area contributed by atoms with Gasteiger partial charge in [0.25, 0.3) is 0 Å². The highest BCUT2D eigenvalue weighted by molar-refractivity contribution is 5.05. The average Bonchev–Trinajstić information content (AvgIpc) is 2.23. The summed E-state index contributed by atoms with van der Waals surface area (Å²) in [7, 11) is 0. The normalized spacial score (nSPS) is 45.5. The molecule has 0 saturated heterocycles. The van der Waals surface area contributed by atoms with Gasteiger partial charge in [0.2, 0.25) is 0 Å². The van der Waals surface area contributed by atoms with E-state index in [1.807, 2.05) is 0 Å². The summed E-state index contributed by atoms with van der Waals surface area (Å²) in [6.07, 6.45) is 11.6. The van der Waals surface area contributed by atoms with Crippen molar-refractivity contribution in [3.8, 4) is 0 Å². The number of hydrogen-bond donors (Lipinski definition) is 1. The largest absolute Gasteiger partial charge is 0.327 e. The van der Waals surface area contributed by atoms with Crippen LogP contribution in [0.2, 0.25) is 0 Å². The lowest BCUT2D eigenvalue weighted by Crippen LogP contribution is -2.54. The van der Waals surface area contributed by atoms with E-state index in [0.717, 1.165) is 23.7 Å². The second-order valence-electron chi connectivity index (χ2n) is 7.86. The van der Waals surface area contributed by atoms with E-state index in [2.05, 4.69) is 13.8 Å². The molecule has 17 heavy (non-hydrogen) atoms. The molecule has 4 bridgehead atoms. The molecule has 4 aliphatic rings. The zero-order valence-electron chi connectivity index (χ0n) is 11.6. The highest BCUT2D eigenvalue weighted by atomic mass is 14.7. The van der Waals surface area contributed by atoms with E-state index in [1.54, 1.807) is 0 Å². The molecule has 0 amide bonds. The van der Waals surface area contributed by atoms with Gasteiger partial charge < -0.3 is 5.73 Å². The van der Waals surface area contributed by atoms with E-state index >= 15 is 0 Å². The Bertz CT molecular complexity index is 246. The zero-order chi connectivity index (χ0) is 12.0. The lowest BCUT2D eigenvalue weighted by atomic mass is 9.47. The lowest BCUT2D eigenvalue weighted by molar-refractivity contribution is -0.0687. The summed E-state index contributed by atoms with van der Waals surface area (Å²) < 4.78 is 0. The predicted octanol–water partition coefficient (Wildman–Crippen LogP) is 3.97. The zero-order valence-corrected chi connectivity index (χ0v) is 11.6. The fraction of sp³-hybridized carbons (Fsp3) is 1.00. The fourth-order valence-electron chi connectivity index (χ4n) is 5.45. The van der Waals surface area contributed by atoms with Crippen molar-refractivity contribution in [1.82, 2.24) is 0 Å². The molecule has 0 radical (unpaired) electrons. The predicted molar refractivity (Wildman–Crippen MR) is 72.7 cm³/mol. The molecule has 0 spiro atoms. The Kier molecular flexibility index (Phi) is 3.01. The Labute approximate surface area is 107 Å². The van der Waals surface area contributed by atoms with Gasteiger partial charge in [0.1, 0.15) is 0 Å². The van der Waals surface area contributed by atoms with Crippen LogP contribution < -0.4 is 5.73 Å². The Morgan fingerprint density at radius 1 is 0.941 bits per heavy atom. The van der Waals surface area contributed by atoms with Gasteiger partial charge in [-0.05, 0) is 80.5 Å². The Hall–Kier alpha value is -0.0400. The van der Waals surface area contributed by atoms with Gasteiger partial charge in [0.15, 0.2) is 0 Å². The van der Waals surface area contributed by atoms with Crippen molar-refractivity contribution < 1.29 is 0 Å². The number of hydrogen-bond acceptors (Lipinski definition) is 1. The van der Waals surface area contributed by atoms with Gasteiger partial charge in [-0.2, -0.15) is 0 Å². The minimum absolute atomic E-state index is 0.498. The van der Waals surface area contributed by atoms with Crippen LogP contribution in [0, 0.1) is 29.1 Å². The molecule has 98 valence electrons. The van der Waals surface area contributed by atoms with E-state index < -0.39 is 0 Å². The molecule has 0 aromatic rings. The van der Waals surface area contributed by atoms with Crippen LogP contribution in [0.4, 0.5) is 0 Å². The first kappa shape index (κ1) is 12.0. The monoisotopic (exact) mass is 235 g/mol. The topological polar surface area (TPSA) is 26.0 Å². The molecule has 1 atom stereocenters. The highest BCUT2D eigenvalue weighted by Gasteiger charge is 2.52. The molecule has 4 fully saturated rings. The molecule has 4 aliphatic carbocycles. The van der Waals surface area contributed by atoms with Gasteiger partial charge >= 0.3 is 0 Å². The quantitative estimate of drug-likeness (QED) is 0.784.